The third-order valence-corrected chi connectivity index (χ3v) is 5.49. The molecule has 2 heterocycles. The van der Waals surface area contributed by atoms with Crippen molar-refractivity contribution in [1.29, 1.82) is 0 Å². The van der Waals surface area contributed by atoms with Crippen molar-refractivity contribution in [2.75, 3.05) is 0 Å². The summed E-state index contributed by atoms with van der Waals surface area (Å²) in [6.45, 7) is 11.8. The van der Waals surface area contributed by atoms with Crippen molar-refractivity contribution in [1.82, 2.24) is 0 Å². The molecule has 5 rings (SSSR count). The van der Waals surface area contributed by atoms with Gasteiger partial charge in [-0.2, -0.15) is 4.57 Å². The molecule has 1 aromatic heterocycles. The van der Waals surface area contributed by atoms with E-state index < -0.39 is 0 Å². The fraction of sp³-hybridized carbons (Fsp3) is 0.130. The molecule has 0 N–H and O–H groups in total. The minimum atomic E-state index is 0.648. The molecule has 3 nitrogen and oxygen atoms in total. The third kappa shape index (κ3) is 1.79. The van der Waals surface area contributed by atoms with Gasteiger partial charge >= 0.3 is 0 Å². The summed E-state index contributed by atoms with van der Waals surface area (Å²) in [6.07, 6.45) is 0. The van der Waals surface area contributed by atoms with Crippen LogP contribution < -0.4 is 9.30 Å². The Morgan fingerprint density at radius 3 is 2.62 bits per heavy atom. The number of aryl methyl sites for hydroxylation is 2. The molecule has 0 fully saturated rings. The van der Waals surface area contributed by atoms with Crippen LogP contribution in [0.25, 0.3) is 37.8 Å². The molecule has 0 radical (unpaired) electrons. The van der Waals surface area contributed by atoms with Crippen LogP contribution in [-0.2, 0) is 7.05 Å². The van der Waals surface area contributed by atoms with E-state index in [0.717, 1.165) is 28.1 Å². The first-order chi connectivity index (χ1) is 12.6. The first-order valence-corrected chi connectivity index (χ1v) is 8.64. The molecular formula is C23H17N2O+. The van der Waals surface area contributed by atoms with Crippen molar-refractivity contribution in [2.24, 2.45) is 7.05 Å². The summed E-state index contributed by atoms with van der Waals surface area (Å²) in [5, 5.41) is 3.28. The van der Waals surface area contributed by atoms with E-state index in [1.54, 1.807) is 0 Å². The number of nitrogens with zero attached hydrogens (tertiary/aromatic N) is 2. The maximum Gasteiger partial charge on any atom is 0.256 e. The minimum absolute atomic E-state index is 0.648. The zero-order valence-corrected chi connectivity index (χ0v) is 14.9. The van der Waals surface area contributed by atoms with E-state index in [9.17, 15) is 0 Å². The first kappa shape index (κ1) is 14.9. The number of hydrogen-bond donors (Lipinski definition) is 0. The van der Waals surface area contributed by atoms with Crippen LogP contribution in [0.3, 0.4) is 0 Å². The van der Waals surface area contributed by atoms with Crippen LogP contribution in [-0.4, -0.2) is 0 Å². The molecule has 3 heteroatoms. The maximum atomic E-state index is 7.48. The normalized spacial score (nSPS) is 11.9. The molecule has 26 heavy (non-hydrogen) atoms. The van der Waals surface area contributed by atoms with Gasteiger partial charge in [-0.3, -0.25) is 0 Å². The number of rotatable bonds is 0. The van der Waals surface area contributed by atoms with Gasteiger partial charge in [-0.25, -0.2) is 4.85 Å². The topological polar surface area (TPSA) is 17.5 Å². The van der Waals surface area contributed by atoms with Gasteiger partial charge in [0.2, 0.25) is 11.2 Å². The van der Waals surface area contributed by atoms with Crippen molar-refractivity contribution in [2.45, 2.75) is 13.8 Å². The third-order valence-electron chi connectivity index (χ3n) is 5.49. The van der Waals surface area contributed by atoms with Crippen LogP contribution in [0, 0.1) is 20.4 Å². The molecule has 1 aliphatic heterocycles. The van der Waals surface area contributed by atoms with Crippen LogP contribution in [0.4, 0.5) is 5.69 Å². The van der Waals surface area contributed by atoms with Gasteiger partial charge in [-0.1, -0.05) is 30.3 Å². The van der Waals surface area contributed by atoms with Gasteiger partial charge in [0, 0.05) is 11.5 Å². The zero-order valence-electron chi connectivity index (χ0n) is 14.9. The van der Waals surface area contributed by atoms with Crippen molar-refractivity contribution < 1.29 is 9.30 Å². The smallest absolute Gasteiger partial charge is 0.256 e. The van der Waals surface area contributed by atoms with Gasteiger partial charge in [0.05, 0.1) is 17.5 Å². The Balaban J connectivity index is 2.02. The van der Waals surface area contributed by atoms with E-state index in [0.29, 0.717) is 5.69 Å². The van der Waals surface area contributed by atoms with Gasteiger partial charge in [0.15, 0.2) is 5.75 Å². The molecule has 0 amide bonds. The van der Waals surface area contributed by atoms with E-state index in [-0.39, 0.29) is 0 Å². The Hall–Kier alpha value is -3.38. The van der Waals surface area contributed by atoms with Crippen LogP contribution >= 0.6 is 0 Å². The minimum Gasteiger partial charge on any atom is -0.450 e. The monoisotopic (exact) mass is 337 g/mol. The zero-order chi connectivity index (χ0) is 18.0. The second-order valence-electron chi connectivity index (χ2n) is 6.89. The van der Waals surface area contributed by atoms with Gasteiger partial charge < -0.3 is 4.74 Å². The molecule has 124 valence electrons. The lowest BCUT2D eigenvalue weighted by Gasteiger charge is -2.22. The average Bonchev–Trinajstić information content (AvgIpc) is 2.65. The highest BCUT2D eigenvalue weighted by molar-refractivity contribution is 6.05. The Kier molecular flexibility index (Phi) is 2.90. The van der Waals surface area contributed by atoms with Crippen molar-refractivity contribution in [3.8, 4) is 22.8 Å². The number of pyridine rings is 1. The molecule has 0 saturated carbocycles. The van der Waals surface area contributed by atoms with Crippen molar-refractivity contribution >= 4 is 27.4 Å². The lowest BCUT2D eigenvalue weighted by Crippen LogP contribution is -2.33. The van der Waals surface area contributed by atoms with Crippen molar-refractivity contribution in [3.63, 3.8) is 0 Å². The summed E-state index contributed by atoms with van der Waals surface area (Å²) in [5.74, 6) is 1.69. The van der Waals surface area contributed by atoms with E-state index in [4.69, 9.17) is 11.3 Å². The second kappa shape index (κ2) is 5.06. The fourth-order valence-corrected chi connectivity index (χ4v) is 4.09. The molecular weight excluding hydrogens is 320 g/mol. The summed E-state index contributed by atoms with van der Waals surface area (Å²) in [6, 6.07) is 16.3. The number of aromatic nitrogens is 1. The first-order valence-electron chi connectivity index (χ1n) is 8.64. The molecule has 4 aromatic rings. The van der Waals surface area contributed by atoms with E-state index in [2.05, 4.69) is 48.5 Å². The molecule has 0 unspecified atom stereocenters. The summed E-state index contributed by atoms with van der Waals surface area (Å²) in [4.78, 5) is 3.68. The summed E-state index contributed by atoms with van der Waals surface area (Å²) in [5.41, 5.74) is 6.53. The Bertz CT molecular complexity index is 1300. The van der Waals surface area contributed by atoms with Gasteiger partial charge in [0.1, 0.15) is 12.8 Å². The quantitative estimate of drug-likeness (QED) is 0.259. The fourth-order valence-electron chi connectivity index (χ4n) is 4.09. The van der Waals surface area contributed by atoms with Gasteiger partial charge in [0.25, 0.3) is 5.69 Å². The Morgan fingerprint density at radius 2 is 1.81 bits per heavy atom. The second-order valence-corrected chi connectivity index (χ2v) is 6.89. The van der Waals surface area contributed by atoms with Gasteiger partial charge in [-0.05, 0) is 42.5 Å². The predicted molar refractivity (Wildman–Crippen MR) is 104 cm³/mol. The van der Waals surface area contributed by atoms with Crippen LogP contribution in [0.1, 0.15) is 11.1 Å². The average molecular weight is 337 g/mol. The number of ether oxygens (including phenoxy) is 1. The summed E-state index contributed by atoms with van der Waals surface area (Å²) >= 11 is 0. The molecule has 0 aliphatic carbocycles. The Morgan fingerprint density at radius 1 is 1.00 bits per heavy atom. The van der Waals surface area contributed by atoms with Crippen LogP contribution in [0.15, 0.2) is 48.5 Å². The predicted octanol–water partition coefficient (Wildman–Crippen LogP) is 5.76. The summed E-state index contributed by atoms with van der Waals surface area (Å²) < 4.78 is 8.47. The lowest BCUT2D eigenvalue weighted by atomic mass is 9.90. The molecule has 0 bridgehead atoms. The maximum absolute atomic E-state index is 7.48. The van der Waals surface area contributed by atoms with Crippen LogP contribution in [0.5, 0.6) is 11.5 Å². The number of hydrogen-bond acceptors (Lipinski definition) is 1. The highest BCUT2D eigenvalue weighted by Gasteiger charge is 2.31. The van der Waals surface area contributed by atoms with E-state index >= 15 is 0 Å². The van der Waals surface area contributed by atoms with E-state index in [1.165, 1.54) is 27.5 Å². The number of fused-ring (bicyclic) bond motifs is 3. The highest BCUT2D eigenvalue weighted by atomic mass is 16.5. The molecule has 3 aromatic carbocycles. The largest absolute Gasteiger partial charge is 0.450 e. The molecule has 0 saturated heterocycles. The molecule has 1 aliphatic rings. The van der Waals surface area contributed by atoms with E-state index in [1.807, 2.05) is 30.3 Å². The summed E-state index contributed by atoms with van der Waals surface area (Å²) in [7, 11) is 2.06. The van der Waals surface area contributed by atoms with Gasteiger partial charge in [-0.15, -0.1) is 0 Å². The standard InChI is InChI=1S/C23H17N2O/c1-13-11-15-7-5-10-19-22(15)21(14(13)2)23-20(26-19)12-16-17(24-3)8-6-9-18(16)25(23)4/h5-12H,1-2,4H3/q+1. The lowest BCUT2D eigenvalue weighted by molar-refractivity contribution is -0.633. The molecule has 0 atom stereocenters. The Labute approximate surface area is 151 Å². The highest BCUT2D eigenvalue weighted by Crippen LogP contribution is 2.48. The van der Waals surface area contributed by atoms with Crippen molar-refractivity contribution in [3.05, 3.63) is 71.1 Å². The molecule has 0 spiro atoms. The number of benzene rings is 3. The SMILES string of the molecule is [C-]#[N+]c1cccc2c1cc1c([n+]2C)-c2c(C)c(C)cc3cccc(c23)O1. The van der Waals surface area contributed by atoms with Crippen LogP contribution in [0.2, 0.25) is 0 Å².